The van der Waals surface area contributed by atoms with Crippen LogP contribution in [0.3, 0.4) is 0 Å². The summed E-state index contributed by atoms with van der Waals surface area (Å²) in [5, 5.41) is 12.0. The van der Waals surface area contributed by atoms with Gasteiger partial charge in [0.25, 0.3) is 5.91 Å². The minimum atomic E-state index is -0.258. The lowest BCUT2D eigenvalue weighted by atomic mass is 9.94. The quantitative estimate of drug-likeness (QED) is 0.683. The Bertz CT molecular complexity index is 862. The molecule has 9 heteroatoms. The van der Waals surface area contributed by atoms with E-state index in [0.717, 1.165) is 42.9 Å². The molecular formula is C22H29N5O2S2. The first-order valence-electron chi connectivity index (χ1n) is 11.0. The zero-order valence-corrected chi connectivity index (χ0v) is 19.3. The number of hydrogen-bond acceptors (Lipinski definition) is 7. The van der Waals surface area contributed by atoms with Crippen LogP contribution in [0.2, 0.25) is 0 Å². The Kier molecular flexibility index (Phi) is 7.93. The van der Waals surface area contributed by atoms with Crippen LogP contribution in [0.15, 0.2) is 30.3 Å². The molecule has 2 heterocycles. The summed E-state index contributed by atoms with van der Waals surface area (Å²) in [6.07, 6.45) is 6.71. The monoisotopic (exact) mass is 459 g/mol. The Balaban J connectivity index is 1.17. The minimum Gasteiger partial charge on any atom is -0.339 e. The maximum absolute atomic E-state index is 12.6. The highest BCUT2D eigenvalue weighted by molar-refractivity contribution is 7.99. The van der Waals surface area contributed by atoms with E-state index in [1.165, 1.54) is 55.2 Å². The van der Waals surface area contributed by atoms with Crippen molar-refractivity contribution in [1.82, 2.24) is 20.0 Å². The van der Waals surface area contributed by atoms with Gasteiger partial charge in [0.2, 0.25) is 10.9 Å². The van der Waals surface area contributed by atoms with Gasteiger partial charge in [-0.25, -0.2) is 0 Å². The van der Waals surface area contributed by atoms with E-state index in [1.807, 2.05) is 35.2 Å². The zero-order chi connectivity index (χ0) is 21.5. The fourth-order valence-corrected chi connectivity index (χ4v) is 5.92. The molecule has 0 bridgehead atoms. The molecule has 1 aliphatic heterocycles. The molecular weight excluding hydrogens is 430 g/mol. The van der Waals surface area contributed by atoms with Crippen LogP contribution >= 0.6 is 23.1 Å². The first-order valence-corrected chi connectivity index (χ1v) is 12.9. The maximum Gasteiger partial charge on any atom is 0.286 e. The van der Waals surface area contributed by atoms with E-state index in [1.54, 1.807) is 0 Å². The fraction of sp³-hybridized carbons (Fsp3) is 0.545. The Morgan fingerprint density at radius 3 is 2.52 bits per heavy atom. The molecule has 1 aromatic heterocycles. The van der Waals surface area contributed by atoms with Crippen LogP contribution in [-0.4, -0.2) is 69.8 Å². The molecule has 7 nitrogen and oxygen atoms in total. The average molecular weight is 460 g/mol. The third kappa shape index (κ3) is 6.27. The molecule has 1 aliphatic carbocycles. The number of carbonyl (C=O) groups is 2. The van der Waals surface area contributed by atoms with Crippen LogP contribution in [0.1, 0.15) is 46.9 Å². The maximum atomic E-state index is 12.6. The van der Waals surface area contributed by atoms with Gasteiger partial charge in [-0.15, -0.1) is 22.0 Å². The van der Waals surface area contributed by atoms with Crippen molar-refractivity contribution in [3.63, 3.8) is 0 Å². The third-order valence-corrected chi connectivity index (χ3v) is 7.94. The number of rotatable bonds is 7. The highest BCUT2D eigenvalue weighted by atomic mass is 32.2. The van der Waals surface area contributed by atoms with Crippen LogP contribution in [0.25, 0.3) is 0 Å². The smallest absolute Gasteiger partial charge is 0.286 e. The van der Waals surface area contributed by atoms with E-state index < -0.39 is 0 Å². The molecule has 0 spiro atoms. The predicted molar refractivity (Wildman–Crippen MR) is 125 cm³/mol. The summed E-state index contributed by atoms with van der Waals surface area (Å²) >= 11 is 2.81. The second-order valence-electron chi connectivity index (χ2n) is 8.02. The molecule has 31 heavy (non-hydrogen) atoms. The van der Waals surface area contributed by atoms with Crippen molar-refractivity contribution in [2.45, 2.75) is 43.9 Å². The molecule has 2 amide bonds. The fourth-order valence-electron chi connectivity index (χ4n) is 4.21. The molecule has 1 saturated heterocycles. The number of nitrogens with zero attached hydrogens (tertiary/aromatic N) is 4. The number of carbonyl (C=O) groups excluding carboxylic acids is 2. The van der Waals surface area contributed by atoms with Gasteiger partial charge in [-0.2, -0.15) is 0 Å². The second kappa shape index (κ2) is 11.1. The number of benzene rings is 1. The van der Waals surface area contributed by atoms with E-state index in [4.69, 9.17) is 0 Å². The summed E-state index contributed by atoms with van der Waals surface area (Å²) in [4.78, 5) is 29.4. The SMILES string of the molecule is O=C(Nc1ccccc1)c1nnc(CSCC(=O)N2CCN(C3CCCCC3)CC2)s1. The highest BCUT2D eigenvalue weighted by Gasteiger charge is 2.27. The molecule has 4 rings (SSSR count). The summed E-state index contributed by atoms with van der Waals surface area (Å²) in [5.41, 5.74) is 0.729. The van der Waals surface area contributed by atoms with Crippen LogP contribution in [0.5, 0.6) is 0 Å². The van der Waals surface area contributed by atoms with E-state index >= 15 is 0 Å². The van der Waals surface area contributed by atoms with E-state index in [2.05, 4.69) is 20.4 Å². The standard InChI is InChI=1S/C22H29N5O2S2/c28-20(27-13-11-26(12-14-27)18-9-5-2-6-10-18)16-30-15-19-24-25-22(31-19)21(29)23-17-7-3-1-4-8-17/h1,3-4,7-8,18H,2,5-6,9-16H2,(H,23,29). The Morgan fingerprint density at radius 1 is 1.03 bits per heavy atom. The molecule has 2 fully saturated rings. The number of aromatic nitrogens is 2. The van der Waals surface area contributed by atoms with Crippen LogP contribution in [-0.2, 0) is 10.5 Å². The Hall–Kier alpha value is -1.97. The van der Waals surface area contributed by atoms with Gasteiger partial charge in [-0.3, -0.25) is 14.5 Å². The van der Waals surface area contributed by atoms with Gasteiger partial charge < -0.3 is 10.2 Å². The van der Waals surface area contributed by atoms with Gasteiger partial charge in [0.15, 0.2) is 0 Å². The molecule has 0 atom stereocenters. The van der Waals surface area contributed by atoms with Crippen molar-refractivity contribution in [1.29, 1.82) is 0 Å². The number of anilines is 1. The normalized spacial score (nSPS) is 18.1. The van der Waals surface area contributed by atoms with Gasteiger partial charge >= 0.3 is 0 Å². The van der Waals surface area contributed by atoms with Crippen LogP contribution in [0, 0.1) is 0 Å². The van der Waals surface area contributed by atoms with Crippen LogP contribution in [0.4, 0.5) is 5.69 Å². The summed E-state index contributed by atoms with van der Waals surface area (Å²) in [7, 11) is 0. The van der Waals surface area contributed by atoms with E-state index in [9.17, 15) is 9.59 Å². The van der Waals surface area contributed by atoms with Gasteiger partial charge in [0.1, 0.15) is 5.01 Å². The number of nitrogens with one attached hydrogen (secondary N) is 1. The average Bonchev–Trinajstić information content (AvgIpc) is 3.29. The third-order valence-electron chi connectivity index (χ3n) is 5.90. The van der Waals surface area contributed by atoms with Crippen molar-refractivity contribution in [3.05, 3.63) is 40.3 Å². The van der Waals surface area contributed by atoms with Crippen molar-refractivity contribution in [2.24, 2.45) is 0 Å². The summed E-state index contributed by atoms with van der Waals surface area (Å²) in [6.45, 7) is 3.66. The van der Waals surface area contributed by atoms with Crippen molar-refractivity contribution in [2.75, 3.05) is 37.2 Å². The molecule has 1 aromatic carbocycles. The van der Waals surface area contributed by atoms with Crippen molar-refractivity contribution < 1.29 is 9.59 Å². The molecule has 0 radical (unpaired) electrons. The topological polar surface area (TPSA) is 78.4 Å². The number of amides is 2. The molecule has 2 aliphatic rings. The van der Waals surface area contributed by atoms with E-state index in [0.29, 0.717) is 16.5 Å². The lowest BCUT2D eigenvalue weighted by Gasteiger charge is -2.40. The summed E-state index contributed by atoms with van der Waals surface area (Å²) < 4.78 is 0. The summed E-state index contributed by atoms with van der Waals surface area (Å²) in [6, 6.07) is 10.0. The molecule has 0 unspecified atom stereocenters. The molecule has 1 N–H and O–H groups in total. The zero-order valence-electron chi connectivity index (χ0n) is 17.7. The number of para-hydroxylation sites is 1. The second-order valence-corrected chi connectivity index (χ2v) is 10.1. The molecule has 166 valence electrons. The van der Waals surface area contributed by atoms with Crippen molar-refractivity contribution >= 4 is 40.6 Å². The molecule has 2 aromatic rings. The number of thioether (sulfide) groups is 1. The van der Waals surface area contributed by atoms with Gasteiger partial charge in [-0.1, -0.05) is 48.8 Å². The first kappa shape index (κ1) is 22.2. The van der Waals surface area contributed by atoms with Gasteiger partial charge in [0.05, 0.1) is 5.75 Å². The predicted octanol–water partition coefficient (Wildman–Crippen LogP) is 3.50. The lowest BCUT2D eigenvalue weighted by molar-refractivity contribution is -0.130. The van der Waals surface area contributed by atoms with Crippen LogP contribution < -0.4 is 5.32 Å². The largest absolute Gasteiger partial charge is 0.339 e. The van der Waals surface area contributed by atoms with E-state index in [-0.39, 0.29) is 11.8 Å². The van der Waals surface area contributed by atoms with Gasteiger partial charge in [-0.05, 0) is 25.0 Å². The number of piperazine rings is 1. The first-order chi connectivity index (χ1) is 15.2. The lowest BCUT2D eigenvalue weighted by Crippen LogP contribution is -2.52. The number of hydrogen-bond donors (Lipinski definition) is 1. The van der Waals surface area contributed by atoms with Crippen molar-refractivity contribution in [3.8, 4) is 0 Å². The van der Waals surface area contributed by atoms with Gasteiger partial charge in [0, 0.05) is 43.7 Å². The highest BCUT2D eigenvalue weighted by Crippen LogP contribution is 2.24. The minimum absolute atomic E-state index is 0.194. The summed E-state index contributed by atoms with van der Waals surface area (Å²) in [5.74, 6) is 0.963. The molecule has 1 saturated carbocycles. The Morgan fingerprint density at radius 2 is 1.77 bits per heavy atom. The Labute approximate surface area is 191 Å².